The molecular formula is C16H22N4O3. The molecule has 0 spiro atoms. The maximum Gasteiger partial charge on any atom is 0.408 e. The van der Waals surface area contributed by atoms with Crippen LogP contribution in [0.3, 0.4) is 0 Å². The Morgan fingerprint density at radius 1 is 1.22 bits per heavy atom. The molecule has 0 radical (unpaired) electrons. The van der Waals surface area contributed by atoms with E-state index in [1.54, 1.807) is 39.0 Å². The van der Waals surface area contributed by atoms with Crippen LogP contribution >= 0.6 is 0 Å². The molecule has 0 bridgehead atoms. The predicted molar refractivity (Wildman–Crippen MR) is 86.2 cm³/mol. The second-order valence-electron chi connectivity index (χ2n) is 6.70. The summed E-state index contributed by atoms with van der Waals surface area (Å²) in [5.74, 6) is -0.475. The summed E-state index contributed by atoms with van der Waals surface area (Å²) in [7, 11) is 0. The standard InChI is InChI=1S/C16H22N4O3/c1-10(2)13(17-15(22)23-16(3,4)5)14(21)20-12-9-7-6-8-11(12)18-19-20/h6-10,13H,1-5H3,(H,17,22)/t13-/m0/s1. The normalized spacial score (nSPS) is 13.1. The van der Waals surface area contributed by atoms with E-state index in [2.05, 4.69) is 15.6 Å². The Hall–Kier alpha value is -2.44. The number of alkyl carbamates (subject to hydrolysis) is 1. The van der Waals surface area contributed by atoms with Crippen LogP contribution in [0.5, 0.6) is 0 Å². The molecule has 1 aromatic carbocycles. The van der Waals surface area contributed by atoms with Crippen molar-refractivity contribution in [1.82, 2.24) is 20.3 Å². The number of nitrogens with zero attached hydrogens (tertiary/aromatic N) is 3. The number of carbonyl (C=O) groups is 2. The van der Waals surface area contributed by atoms with Crippen LogP contribution in [0.1, 0.15) is 39.4 Å². The van der Waals surface area contributed by atoms with E-state index in [0.717, 1.165) is 0 Å². The average Bonchev–Trinajstić information content (AvgIpc) is 2.85. The third kappa shape index (κ3) is 4.06. The number of amides is 1. The number of rotatable bonds is 3. The first kappa shape index (κ1) is 16.9. The molecule has 0 saturated heterocycles. The molecule has 0 aliphatic carbocycles. The lowest BCUT2D eigenvalue weighted by atomic mass is 10.0. The minimum atomic E-state index is -0.755. The molecule has 1 atom stereocenters. The number of hydrogen-bond acceptors (Lipinski definition) is 5. The van der Waals surface area contributed by atoms with Crippen LogP contribution in [-0.4, -0.2) is 38.6 Å². The molecule has 124 valence electrons. The zero-order valence-corrected chi connectivity index (χ0v) is 14.0. The quantitative estimate of drug-likeness (QED) is 0.940. The average molecular weight is 318 g/mol. The van der Waals surface area contributed by atoms with Crippen LogP contribution in [-0.2, 0) is 4.74 Å². The SMILES string of the molecule is CC(C)[C@H](NC(=O)OC(C)(C)C)C(=O)n1nnc2ccccc21. The molecule has 0 saturated carbocycles. The summed E-state index contributed by atoms with van der Waals surface area (Å²) < 4.78 is 6.45. The summed E-state index contributed by atoms with van der Waals surface area (Å²) in [5, 5.41) is 10.5. The summed E-state index contributed by atoms with van der Waals surface area (Å²) in [4.78, 5) is 24.7. The van der Waals surface area contributed by atoms with Gasteiger partial charge in [-0.15, -0.1) is 5.10 Å². The molecule has 1 N–H and O–H groups in total. The van der Waals surface area contributed by atoms with E-state index < -0.39 is 17.7 Å². The van der Waals surface area contributed by atoms with E-state index >= 15 is 0 Å². The van der Waals surface area contributed by atoms with Gasteiger partial charge in [0.2, 0.25) is 0 Å². The van der Waals surface area contributed by atoms with Crippen LogP contribution in [0.2, 0.25) is 0 Å². The van der Waals surface area contributed by atoms with Crippen molar-refractivity contribution < 1.29 is 14.3 Å². The molecule has 0 aliphatic heterocycles. The fourth-order valence-electron chi connectivity index (χ4n) is 2.11. The zero-order chi connectivity index (χ0) is 17.2. The third-order valence-electron chi connectivity index (χ3n) is 3.17. The number of ether oxygens (including phenoxy) is 1. The number of carbonyl (C=O) groups excluding carboxylic acids is 2. The molecule has 0 unspecified atom stereocenters. The topological polar surface area (TPSA) is 86.1 Å². The van der Waals surface area contributed by atoms with Crippen LogP contribution in [0.25, 0.3) is 11.0 Å². The first-order valence-corrected chi connectivity index (χ1v) is 7.53. The fraction of sp³-hybridized carbons (Fsp3) is 0.500. The Labute approximate surface area is 135 Å². The first-order valence-electron chi connectivity index (χ1n) is 7.53. The Morgan fingerprint density at radius 3 is 2.48 bits per heavy atom. The molecule has 1 heterocycles. The van der Waals surface area contributed by atoms with E-state index in [0.29, 0.717) is 11.0 Å². The van der Waals surface area contributed by atoms with Gasteiger partial charge < -0.3 is 10.1 Å². The van der Waals surface area contributed by atoms with Gasteiger partial charge in [-0.05, 0) is 38.8 Å². The van der Waals surface area contributed by atoms with Crippen molar-refractivity contribution in [3.05, 3.63) is 24.3 Å². The van der Waals surface area contributed by atoms with Gasteiger partial charge in [-0.1, -0.05) is 31.2 Å². The van der Waals surface area contributed by atoms with Crippen molar-refractivity contribution in [2.45, 2.75) is 46.3 Å². The van der Waals surface area contributed by atoms with Crippen molar-refractivity contribution >= 4 is 23.0 Å². The highest BCUT2D eigenvalue weighted by molar-refractivity contribution is 5.93. The van der Waals surface area contributed by atoms with Crippen molar-refractivity contribution in [2.24, 2.45) is 5.92 Å². The van der Waals surface area contributed by atoms with Crippen LogP contribution in [0.4, 0.5) is 4.79 Å². The monoisotopic (exact) mass is 318 g/mol. The minimum absolute atomic E-state index is 0.127. The molecule has 1 amide bonds. The van der Waals surface area contributed by atoms with E-state index in [9.17, 15) is 9.59 Å². The number of hydrogen-bond donors (Lipinski definition) is 1. The lowest BCUT2D eigenvalue weighted by Gasteiger charge is -2.24. The molecule has 7 nitrogen and oxygen atoms in total. The molecular weight excluding hydrogens is 296 g/mol. The summed E-state index contributed by atoms with van der Waals surface area (Å²) in [6.45, 7) is 9.00. The van der Waals surface area contributed by atoms with Gasteiger partial charge in [0.15, 0.2) is 0 Å². The highest BCUT2D eigenvalue weighted by Gasteiger charge is 2.29. The largest absolute Gasteiger partial charge is 0.444 e. The molecule has 0 fully saturated rings. The minimum Gasteiger partial charge on any atom is -0.444 e. The maximum atomic E-state index is 12.8. The van der Waals surface area contributed by atoms with Gasteiger partial charge in [0, 0.05) is 0 Å². The molecule has 0 aliphatic rings. The Bertz CT molecular complexity index is 715. The van der Waals surface area contributed by atoms with Gasteiger partial charge in [0.25, 0.3) is 5.91 Å². The number of aromatic nitrogens is 3. The van der Waals surface area contributed by atoms with Crippen LogP contribution < -0.4 is 5.32 Å². The molecule has 2 rings (SSSR count). The van der Waals surface area contributed by atoms with Crippen molar-refractivity contribution in [2.75, 3.05) is 0 Å². The molecule has 7 heteroatoms. The number of para-hydroxylation sites is 1. The van der Waals surface area contributed by atoms with Crippen molar-refractivity contribution in [3.8, 4) is 0 Å². The van der Waals surface area contributed by atoms with Gasteiger partial charge in [-0.2, -0.15) is 4.68 Å². The summed E-state index contributed by atoms with van der Waals surface area (Å²) in [6.07, 6.45) is -0.631. The lowest BCUT2D eigenvalue weighted by Crippen LogP contribution is -2.48. The summed E-state index contributed by atoms with van der Waals surface area (Å²) in [6, 6.07) is 6.41. The highest BCUT2D eigenvalue weighted by Crippen LogP contribution is 2.14. The van der Waals surface area contributed by atoms with Crippen molar-refractivity contribution in [1.29, 1.82) is 0 Å². The summed E-state index contributed by atoms with van der Waals surface area (Å²) in [5.41, 5.74) is 0.601. The lowest BCUT2D eigenvalue weighted by molar-refractivity contribution is 0.0462. The van der Waals surface area contributed by atoms with Gasteiger partial charge in [0.05, 0.1) is 5.52 Å². The Morgan fingerprint density at radius 2 is 1.87 bits per heavy atom. The number of benzene rings is 1. The highest BCUT2D eigenvalue weighted by atomic mass is 16.6. The van der Waals surface area contributed by atoms with Gasteiger partial charge in [-0.3, -0.25) is 4.79 Å². The van der Waals surface area contributed by atoms with Crippen molar-refractivity contribution in [3.63, 3.8) is 0 Å². The van der Waals surface area contributed by atoms with E-state index in [4.69, 9.17) is 4.74 Å². The second kappa shape index (κ2) is 6.36. The Balaban J connectivity index is 2.24. The molecule has 23 heavy (non-hydrogen) atoms. The van der Waals surface area contributed by atoms with Gasteiger partial charge >= 0.3 is 6.09 Å². The third-order valence-corrected chi connectivity index (χ3v) is 3.17. The van der Waals surface area contributed by atoms with E-state index in [1.807, 2.05) is 19.9 Å². The van der Waals surface area contributed by atoms with E-state index in [1.165, 1.54) is 4.68 Å². The number of nitrogens with one attached hydrogen (secondary N) is 1. The summed E-state index contributed by atoms with van der Waals surface area (Å²) >= 11 is 0. The van der Waals surface area contributed by atoms with Crippen LogP contribution in [0.15, 0.2) is 24.3 Å². The second-order valence-corrected chi connectivity index (χ2v) is 6.70. The predicted octanol–water partition coefficient (Wildman–Crippen LogP) is 2.62. The fourth-order valence-corrected chi connectivity index (χ4v) is 2.11. The molecule has 1 aromatic heterocycles. The Kier molecular flexibility index (Phi) is 4.68. The number of fused-ring (bicyclic) bond motifs is 1. The van der Waals surface area contributed by atoms with Gasteiger partial charge in [-0.25, -0.2) is 4.79 Å². The van der Waals surface area contributed by atoms with Crippen LogP contribution in [0, 0.1) is 5.92 Å². The first-order chi connectivity index (χ1) is 10.7. The van der Waals surface area contributed by atoms with E-state index in [-0.39, 0.29) is 11.8 Å². The zero-order valence-electron chi connectivity index (χ0n) is 14.0. The van der Waals surface area contributed by atoms with Gasteiger partial charge in [0.1, 0.15) is 17.2 Å². The smallest absolute Gasteiger partial charge is 0.408 e. The maximum absolute atomic E-state index is 12.8. The molecule has 2 aromatic rings.